The van der Waals surface area contributed by atoms with Gasteiger partial charge in [-0.15, -0.1) is 0 Å². The van der Waals surface area contributed by atoms with Crippen molar-refractivity contribution in [1.82, 2.24) is 14.9 Å². The predicted octanol–water partition coefficient (Wildman–Crippen LogP) is 0.751. The topological polar surface area (TPSA) is 78.4 Å². The predicted molar refractivity (Wildman–Crippen MR) is 71.9 cm³/mol. The van der Waals surface area contributed by atoms with E-state index in [1.54, 1.807) is 18.0 Å². The second-order valence-corrected chi connectivity index (χ2v) is 4.86. The molecule has 0 bridgehead atoms. The molecule has 19 heavy (non-hydrogen) atoms. The number of aromatic nitrogens is 2. The van der Waals surface area contributed by atoms with Gasteiger partial charge in [0.25, 0.3) is 5.91 Å². The van der Waals surface area contributed by atoms with Crippen molar-refractivity contribution >= 4 is 11.7 Å². The number of rotatable bonds is 4. The third kappa shape index (κ3) is 3.20. The molecule has 6 heteroatoms. The molecule has 0 spiro atoms. The Morgan fingerprint density at radius 3 is 3.05 bits per heavy atom. The minimum absolute atomic E-state index is 0.115. The Morgan fingerprint density at radius 2 is 2.42 bits per heavy atom. The van der Waals surface area contributed by atoms with E-state index in [1.165, 1.54) is 6.20 Å². The van der Waals surface area contributed by atoms with Crippen molar-refractivity contribution in [3.63, 3.8) is 0 Å². The molecule has 0 aromatic carbocycles. The molecule has 0 aliphatic carbocycles. The number of amides is 1. The normalized spacial score (nSPS) is 20.4. The average Bonchev–Trinajstić information content (AvgIpc) is 2.88. The fourth-order valence-corrected chi connectivity index (χ4v) is 2.26. The van der Waals surface area contributed by atoms with Gasteiger partial charge in [-0.3, -0.25) is 9.78 Å². The first-order valence-electron chi connectivity index (χ1n) is 6.65. The molecule has 2 atom stereocenters. The maximum Gasteiger partial charge on any atom is 0.274 e. The first-order chi connectivity index (χ1) is 9.11. The lowest BCUT2D eigenvalue weighted by Crippen LogP contribution is -2.31. The summed E-state index contributed by atoms with van der Waals surface area (Å²) < 4.78 is 0. The molecule has 1 saturated heterocycles. The van der Waals surface area contributed by atoms with E-state index >= 15 is 0 Å². The van der Waals surface area contributed by atoms with E-state index in [1.807, 2.05) is 6.92 Å². The lowest BCUT2D eigenvalue weighted by atomic mass is 10.0. The zero-order chi connectivity index (χ0) is 13.8. The molecule has 0 saturated carbocycles. The van der Waals surface area contributed by atoms with Gasteiger partial charge < -0.3 is 15.3 Å². The van der Waals surface area contributed by atoms with Crippen LogP contribution in [0.4, 0.5) is 5.82 Å². The van der Waals surface area contributed by atoms with Crippen molar-refractivity contribution in [2.75, 3.05) is 25.0 Å². The largest absolute Gasteiger partial charge is 0.393 e. The molecule has 2 unspecified atom stereocenters. The summed E-state index contributed by atoms with van der Waals surface area (Å²) in [5.41, 5.74) is 0.352. The number of anilines is 1. The number of aliphatic hydroxyl groups excluding tert-OH is 1. The molecule has 104 valence electrons. The van der Waals surface area contributed by atoms with Gasteiger partial charge in [0.1, 0.15) is 11.5 Å². The van der Waals surface area contributed by atoms with E-state index in [0.29, 0.717) is 24.6 Å². The monoisotopic (exact) mass is 264 g/mol. The van der Waals surface area contributed by atoms with Gasteiger partial charge in [0.2, 0.25) is 0 Å². The lowest BCUT2D eigenvalue weighted by molar-refractivity contribution is 0.0756. The highest BCUT2D eigenvalue weighted by atomic mass is 16.3. The highest BCUT2D eigenvalue weighted by Gasteiger charge is 2.30. The summed E-state index contributed by atoms with van der Waals surface area (Å²) in [6.07, 6.45) is 3.54. The summed E-state index contributed by atoms with van der Waals surface area (Å²) in [7, 11) is 0. The Kier molecular flexibility index (Phi) is 4.31. The van der Waals surface area contributed by atoms with E-state index in [4.69, 9.17) is 0 Å². The molecule has 1 aromatic rings. The maximum atomic E-state index is 12.3. The van der Waals surface area contributed by atoms with Crippen LogP contribution in [0.2, 0.25) is 0 Å². The zero-order valence-electron chi connectivity index (χ0n) is 11.3. The van der Waals surface area contributed by atoms with Crippen LogP contribution < -0.4 is 5.32 Å². The number of carbonyl (C=O) groups excluding carboxylic acids is 1. The smallest absolute Gasteiger partial charge is 0.274 e. The summed E-state index contributed by atoms with van der Waals surface area (Å²) in [6, 6.07) is 0. The zero-order valence-corrected chi connectivity index (χ0v) is 11.3. The van der Waals surface area contributed by atoms with Crippen molar-refractivity contribution < 1.29 is 9.90 Å². The summed E-state index contributed by atoms with van der Waals surface area (Å²) >= 11 is 0. The fraction of sp³-hybridized carbons (Fsp3) is 0.615. The SMILES string of the molecule is CCNc1cncc(C(=O)N2CCC(C(C)O)C2)n1. The van der Waals surface area contributed by atoms with Crippen LogP contribution in [0.5, 0.6) is 0 Å². The number of likely N-dealkylation sites (tertiary alicyclic amines) is 1. The highest BCUT2D eigenvalue weighted by molar-refractivity contribution is 5.92. The Morgan fingerprint density at radius 1 is 1.63 bits per heavy atom. The van der Waals surface area contributed by atoms with E-state index < -0.39 is 0 Å². The summed E-state index contributed by atoms with van der Waals surface area (Å²) in [5.74, 6) is 0.656. The number of hydrogen-bond donors (Lipinski definition) is 2. The molecule has 1 aliphatic rings. The first kappa shape index (κ1) is 13.7. The molecule has 0 radical (unpaired) electrons. The van der Waals surface area contributed by atoms with E-state index in [2.05, 4.69) is 15.3 Å². The number of nitrogens with one attached hydrogen (secondary N) is 1. The van der Waals surface area contributed by atoms with Crippen LogP contribution >= 0.6 is 0 Å². The molecule has 1 amide bonds. The molecular weight excluding hydrogens is 244 g/mol. The second kappa shape index (κ2) is 5.97. The minimum atomic E-state index is -0.378. The highest BCUT2D eigenvalue weighted by Crippen LogP contribution is 2.21. The third-order valence-corrected chi connectivity index (χ3v) is 3.41. The number of nitrogens with zero attached hydrogens (tertiary/aromatic N) is 3. The van der Waals surface area contributed by atoms with Crippen LogP contribution in [0.1, 0.15) is 30.8 Å². The van der Waals surface area contributed by atoms with Crippen molar-refractivity contribution in [2.24, 2.45) is 5.92 Å². The summed E-state index contributed by atoms with van der Waals surface area (Å²) in [6.45, 7) is 5.72. The van der Waals surface area contributed by atoms with Gasteiger partial charge in [0.15, 0.2) is 0 Å². The van der Waals surface area contributed by atoms with Crippen LogP contribution in [-0.4, -0.2) is 51.6 Å². The summed E-state index contributed by atoms with van der Waals surface area (Å²) in [5, 5.41) is 12.6. The standard InChI is InChI=1S/C13H20N4O2/c1-3-15-12-7-14-6-11(16-12)13(19)17-5-4-10(8-17)9(2)18/h6-7,9-10,18H,3-5,8H2,1-2H3,(H,15,16). The lowest BCUT2D eigenvalue weighted by Gasteiger charge is -2.17. The Labute approximate surface area is 112 Å². The van der Waals surface area contributed by atoms with Gasteiger partial charge in [-0.25, -0.2) is 4.98 Å². The molecule has 1 aromatic heterocycles. The molecule has 6 nitrogen and oxygen atoms in total. The van der Waals surface area contributed by atoms with E-state index in [0.717, 1.165) is 13.0 Å². The Bertz CT molecular complexity index is 450. The quantitative estimate of drug-likeness (QED) is 0.839. The molecule has 2 rings (SSSR count). The van der Waals surface area contributed by atoms with E-state index in [-0.39, 0.29) is 17.9 Å². The van der Waals surface area contributed by atoms with Crippen molar-refractivity contribution in [1.29, 1.82) is 0 Å². The molecular formula is C13H20N4O2. The van der Waals surface area contributed by atoms with E-state index in [9.17, 15) is 9.90 Å². The van der Waals surface area contributed by atoms with Gasteiger partial charge in [-0.2, -0.15) is 0 Å². The van der Waals surface area contributed by atoms with Gasteiger partial charge in [-0.05, 0) is 20.3 Å². The van der Waals surface area contributed by atoms with Crippen molar-refractivity contribution in [3.05, 3.63) is 18.1 Å². The first-order valence-corrected chi connectivity index (χ1v) is 6.65. The van der Waals surface area contributed by atoms with Gasteiger partial charge >= 0.3 is 0 Å². The third-order valence-electron chi connectivity index (χ3n) is 3.41. The fourth-order valence-electron chi connectivity index (χ4n) is 2.26. The Hall–Kier alpha value is -1.69. The van der Waals surface area contributed by atoms with Crippen LogP contribution in [-0.2, 0) is 0 Å². The summed E-state index contributed by atoms with van der Waals surface area (Å²) in [4.78, 5) is 22.3. The molecule has 1 aliphatic heterocycles. The van der Waals surface area contributed by atoms with Crippen LogP contribution in [0.15, 0.2) is 12.4 Å². The van der Waals surface area contributed by atoms with Crippen LogP contribution in [0.25, 0.3) is 0 Å². The Balaban J connectivity index is 2.06. The molecule has 2 heterocycles. The number of carbonyl (C=O) groups is 1. The number of aliphatic hydroxyl groups is 1. The van der Waals surface area contributed by atoms with Gasteiger partial charge in [-0.1, -0.05) is 0 Å². The second-order valence-electron chi connectivity index (χ2n) is 4.86. The van der Waals surface area contributed by atoms with Crippen LogP contribution in [0.3, 0.4) is 0 Å². The maximum absolute atomic E-state index is 12.3. The molecule has 2 N–H and O–H groups in total. The minimum Gasteiger partial charge on any atom is -0.393 e. The number of hydrogen-bond acceptors (Lipinski definition) is 5. The van der Waals surface area contributed by atoms with Crippen LogP contribution in [0, 0.1) is 5.92 Å². The van der Waals surface area contributed by atoms with Gasteiger partial charge in [0.05, 0.1) is 18.5 Å². The van der Waals surface area contributed by atoms with Crippen molar-refractivity contribution in [2.45, 2.75) is 26.4 Å². The molecule has 1 fully saturated rings. The van der Waals surface area contributed by atoms with Crippen molar-refractivity contribution in [3.8, 4) is 0 Å². The average molecular weight is 264 g/mol. The van der Waals surface area contributed by atoms with Gasteiger partial charge in [0, 0.05) is 25.6 Å².